The highest BCUT2D eigenvalue weighted by Gasteiger charge is 2.45. The van der Waals surface area contributed by atoms with Crippen LogP contribution in [0.15, 0.2) is 53.7 Å². The Morgan fingerprint density at radius 3 is 2.53 bits per heavy atom. The number of carbonyl (C=O) groups excluding carboxylic acids is 1. The Bertz CT molecular complexity index is 1040. The molecule has 0 spiro atoms. The van der Waals surface area contributed by atoms with Gasteiger partial charge in [-0.15, -0.1) is 0 Å². The third-order valence-electron chi connectivity index (χ3n) is 6.24. The molecule has 0 bridgehead atoms. The van der Waals surface area contributed by atoms with Crippen LogP contribution >= 0.6 is 0 Å². The molecule has 0 N–H and O–H groups in total. The Balaban J connectivity index is 1.46. The van der Waals surface area contributed by atoms with E-state index in [1.54, 1.807) is 58.0 Å². The SMILES string of the molecule is O=C(c1ccncc1)N1CC[C@@H]2[C@@H](CC1)Oc1ccccc1S(=O)(=O)N2CC1CC1. The fourth-order valence-electron chi connectivity index (χ4n) is 4.43. The van der Waals surface area contributed by atoms with Crippen molar-refractivity contribution in [3.8, 4) is 5.75 Å². The lowest BCUT2D eigenvalue weighted by Gasteiger charge is -2.31. The van der Waals surface area contributed by atoms with Gasteiger partial charge in [-0.1, -0.05) is 12.1 Å². The number of hydrogen-bond donors (Lipinski definition) is 0. The van der Waals surface area contributed by atoms with E-state index >= 15 is 0 Å². The van der Waals surface area contributed by atoms with E-state index in [0.29, 0.717) is 49.7 Å². The van der Waals surface area contributed by atoms with Gasteiger partial charge in [-0.3, -0.25) is 9.78 Å². The number of fused-ring (bicyclic) bond motifs is 2. The average Bonchev–Trinajstić information content (AvgIpc) is 3.60. The van der Waals surface area contributed by atoms with Gasteiger partial charge in [0.15, 0.2) is 0 Å². The first-order valence-electron chi connectivity index (χ1n) is 10.5. The molecule has 8 heteroatoms. The van der Waals surface area contributed by atoms with Gasteiger partial charge in [0.05, 0.1) is 6.04 Å². The zero-order valence-corrected chi connectivity index (χ0v) is 17.5. The Labute approximate surface area is 176 Å². The van der Waals surface area contributed by atoms with Crippen molar-refractivity contribution in [2.75, 3.05) is 19.6 Å². The molecule has 1 aliphatic carbocycles. The van der Waals surface area contributed by atoms with E-state index in [4.69, 9.17) is 4.74 Å². The summed E-state index contributed by atoms with van der Waals surface area (Å²) >= 11 is 0. The second-order valence-electron chi connectivity index (χ2n) is 8.29. The van der Waals surface area contributed by atoms with E-state index in [9.17, 15) is 13.2 Å². The molecule has 1 aromatic carbocycles. The molecule has 0 radical (unpaired) electrons. The largest absolute Gasteiger partial charge is 0.487 e. The fourth-order valence-corrected chi connectivity index (χ4v) is 6.30. The number of carbonyl (C=O) groups is 1. The van der Waals surface area contributed by atoms with Crippen molar-refractivity contribution in [3.05, 3.63) is 54.4 Å². The van der Waals surface area contributed by atoms with Crippen LogP contribution in [0.1, 0.15) is 36.0 Å². The van der Waals surface area contributed by atoms with Crippen LogP contribution < -0.4 is 4.74 Å². The van der Waals surface area contributed by atoms with Crippen molar-refractivity contribution >= 4 is 15.9 Å². The molecule has 0 unspecified atom stereocenters. The summed E-state index contributed by atoms with van der Waals surface area (Å²) in [6.07, 6.45) is 6.22. The predicted molar refractivity (Wildman–Crippen MR) is 111 cm³/mol. The van der Waals surface area contributed by atoms with Gasteiger partial charge in [-0.25, -0.2) is 8.42 Å². The monoisotopic (exact) mass is 427 g/mol. The minimum atomic E-state index is -3.65. The van der Waals surface area contributed by atoms with E-state index in [1.165, 1.54) is 0 Å². The maximum absolute atomic E-state index is 13.5. The van der Waals surface area contributed by atoms with Gasteiger partial charge in [0.25, 0.3) is 5.91 Å². The molecule has 7 nitrogen and oxygen atoms in total. The predicted octanol–water partition coefficient (Wildman–Crippen LogP) is 2.55. The highest BCUT2D eigenvalue weighted by molar-refractivity contribution is 7.89. The number of ether oxygens (including phenoxy) is 1. The molecule has 5 rings (SSSR count). The molecule has 2 aromatic rings. The first-order valence-corrected chi connectivity index (χ1v) is 11.9. The number of nitrogens with zero attached hydrogens (tertiary/aromatic N) is 3. The lowest BCUT2D eigenvalue weighted by molar-refractivity contribution is 0.0755. The van der Waals surface area contributed by atoms with Crippen LogP contribution in [-0.2, 0) is 10.0 Å². The quantitative estimate of drug-likeness (QED) is 0.752. The Kier molecular flexibility index (Phi) is 4.99. The lowest BCUT2D eigenvalue weighted by Crippen LogP contribution is -2.48. The van der Waals surface area contributed by atoms with Crippen LogP contribution in [0.25, 0.3) is 0 Å². The van der Waals surface area contributed by atoms with Crippen molar-refractivity contribution in [2.45, 2.75) is 42.7 Å². The van der Waals surface area contributed by atoms with E-state index in [0.717, 1.165) is 12.8 Å². The van der Waals surface area contributed by atoms with Crippen molar-refractivity contribution < 1.29 is 17.9 Å². The van der Waals surface area contributed by atoms with Crippen molar-refractivity contribution in [1.29, 1.82) is 0 Å². The zero-order valence-electron chi connectivity index (χ0n) is 16.7. The van der Waals surface area contributed by atoms with Crippen LogP contribution in [0.2, 0.25) is 0 Å². The highest BCUT2D eigenvalue weighted by Crippen LogP contribution is 2.39. The summed E-state index contributed by atoms with van der Waals surface area (Å²) in [5, 5.41) is 0. The van der Waals surface area contributed by atoms with Gasteiger partial charge in [0, 0.05) is 44.0 Å². The first kappa shape index (κ1) is 19.5. The Morgan fingerprint density at radius 2 is 1.77 bits per heavy atom. The molecule has 1 aromatic heterocycles. The number of likely N-dealkylation sites (tertiary alicyclic amines) is 1. The number of amides is 1. The maximum atomic E-state index is 13.5. The molecule has 158 valence electrons. The number of sulfonamides is 1. The number of para-hydroxylation sites is 1. The van der Waals surface area contributed by atoms with Gasteiger partial charge in [-0.05, 0) is 49.4 Å². The van der Waals surface area contributed by atoms with Crippen molar-refractivity contribution in [1.82, 2.24) is 14.2 Å². The fraction of sp³-hybridized carbons (Fsp3) is 0.455. The maximum Gasteiger partial charge on any atom is 0.253 e. The number of rotatable bonds is 3. The molecule has 2 aliphatic heterocycles. The summed E-state index contributed by atoms with van der Waals surface area (Å²) in [5.41, 5.74) is 0.598. The minimum absolute atomic E-state index is 0.0501. The average molecular weight is 428 g/mol. The third kappa shape index (κ3) is 3.58. The molecular weight excluding hydrogens is 402 g/mol. The van der Waals surface area contributed by atoms with Crippen molar-refractivity contribution in [3.63, 3.8) is 0 Å². The van der Waals surface area contributed by atoms with Crippen LogP contribution in [0.3, 0.4) is 0 Å². The molecule has 2 atom stereocenters. The van der Waals surface area contributed by atoms with Gasteiger partial charge >= 0.3 is 0 Å². The highest BCUT2D eigenvalue weighted by atomic mass is 32.2. The number of benzene rings is 1. The van der Waals surface area contributed by atoms with Gasteiger partial charge in [-0.2, -0.15) is 4.31 Å². The molecule has 2 fully saturated rings. The summed E-state index contributed by atoms with van der Waals surface area (Å²) in [6.45, 7) is 1.56. The van der Waals surface area contributed by atoms with E-state index < -0.39 is 10.0 Å². The van der Waals surface area contributed by atoms with Crippen molar-refractivity contribution in [2.24, 2.45) is 5.92 Å². The normalized spacial score (nSPS) is 25.9. The van der Waals surface area contributed by atoms with Gasteiger partial charge < -0.3 is 9.64 Å². The zero-order chi connectivity index (χ0) is 20.7. The van der Waals surface area contributed by atoms with Crippen LogP contribution in [0.4, 0.5) is 0 Å². The topological polar surface area (TPSA) is 79.8 Å². The van der Waals surface area contributed by atoms with E-state index in [-0.39, 0.29) is 22.9 Å². The summed E-state index contributed by atoms with van der Waals surface area (Å²) in [6, 6.07) is 10.0. The first-order chi connectivity index (χ1) is 14.5. The smallest absolute Gasteiger partial charge is 0.253 e. The van der Waals surface area contributed by atoms with E-state index in [2.05, 4.69) is 4.98 Å². The minimum Gasteiger partial charge on any atom is -0.487 e. The number of pyridine rings is 1. The van der Waals surface area contributed by atoms with E-state index in [1.807, 2.05) is 0 Å². The summed E-state index contributed by atoms with van der Waals surface area (Å²) in [7, 11) is -3.65. The number of aromatic nitrogens is 1. The molecule has 30 heavy (non-hydrogen) atoms. The van der Waals surface area contributed by atoms with Gasteiger partial charge in [0.2, 0.25) is 10.0 Å². The summed E-state index contributed by atoms with van der Waals surface area (Å²) < 4.78 is 35.0. The summed E-state index contributed by atoms with van der Waals surface area (Å²) in [5.74, 6) is 0.786. The Morgan fingerprint density at radius 1 is 1.03 bits per heavy atom. The third-order valence-corrected chi connectivity index (χ3v) is 8.17. The van der Waals surface area contributed by atoms with Crippen LogP contribution in [-0.4, -0.2) is 60.3 Å². The molecule has 3 aliphatic rings. The summed E-state index contributed by atoms with van der Waals surface area (Å²) in [4.78, 5) is 19.0. The van der Waals surface area contributed by atoms with Crippen LogP contribution in [0.5, 0.6) is 5.75 Å². The standard InChI is InChI=1S/C22H25N3O4S/c26-22(17-7-11-23-12-8-17)24-13-9-18-19(10-14-24)29-20-3-1-2-4-21(20)30(27,28)25(18)15-16-5-6-16/h1-4,7-8,11-12,16,18-19H,5-6,9-10,13-15H2/t18-,19-/m1/s1. The number of hydrogen-bond acceptors (Lipinski definition) is 5. The molecule has 1 amide bonds. The van der Waals surface area contributed by atoms with Crippen LogP contribution in [0, 0.1) is 5.92 Å². The van der Waals surface area contributed by atoms with Gasteiger partial charge in [0.1, 0.15) is 16.7 Å². The lowest BCUT2D eigenvalue weighted by atomic mass is 10.1. The second kappa shape index (κ2) is 7.67. The molecular formula is C22H25N3O4S. The molecule has 3 heterocycles. The molecule has 1 saturated carbocycles. The Hall–Kier alpha value is -2.45. The molecule has 1 saturated heterocycles. The second-order valence-corrected chi connectivity index (χ2v) is 10.2.